The highest BCUT2D eigenvalue weighted by molar-refractivity contribution is 5.66. The fourth-order valence-corrected chi connectivity index (χ4v) is 1.62. The highest BCUT2D eigenvalue weighted by atomic mass is 16.5. The number of anilines is 1. The minimum absolute atomic E-state index is 0.586. The van der Waals surface area contributed by atoms with Crippen molar-refractivity contribution in [3.63, 3.8) is 0 Å². The normalized spacial score (nSPS) is 14.5. The van der Waals surface area contributed by atoms with Crippen LogP contribution in [0.1, 0.15) is 18.1 Å². The van der Waals surface area contributed by atoms with Gasteiger partial charge in [0.2, 0.25) is 0 Å². The Kier molecular flexibility index (Phi) is 1.88. The molecule has 2 rings (SSSR count). The molecule has 0 bridgehead atoms. The maximum absolute atomic E-state index is 5.74. The SMILES string of the molecule is CC1=C(N)Nc2cc(C)cc(C)c2O1. The molecule has 3 heteroatoms. The monoisotopic (exact) mass is 190 g/mol. The van der Waals surface area contributed by atoms with Crippen molar-refractivity contribution < 1.29 is 4.74 Å². The third-order valence-corrected chi connectivity index (χ3v) is 2.32. The molecular formula is C11H14N2O. The van der Waals surface area contributed by atoms with Gasteiger partial charge in [-0.15, -0.1) is 0 Å². The van der Waals surface area contributed by atoms with Crippen LogP contribution in [0.2, 0.25) is 0 Å². The molecule has 0 radical (unpaired) electrons. The van der Waals surface area contributed by atoms with Crippen LogP contribution in [0.4, 0.5) is 5.69 Å². The Morgan fingerprint density at radius 2 is 1.93 bits per heavy atom. The zero-order chi connectivity index (χ0) is 10.3. The number of aryl methyl sites for hydroxylation is 2. The Morgan fingerprint density at radius 3 is 2.64 bits per heavy atom. The summed E-state index contributed by atoms with van der Waals surface area (Å²) in [5, 5.41) is 3.12. The molecule has 0 aromatic heterocycles. The second-order valence-corrected chi connectivity index (χ2v) is 3.66. The van der Waals surface area contributed by atoms with E-state index in [9.17, 15) is 0 Å². The van der Waals surface area contributed by atoms with Crippen LogP contribution in [0.5, 0.6) is 5.75 Å². The lowest BCUT2D eigenvalue weighted by Crippen LogP contribution is -2.19. The van der Waals surface area contributed by atoms with Gasteiger partial charge in [0.15, 0.2) is 5.75 Å². The maximum Gasteiger partial charge on any atom is 0.153 e. The molecule has 0 saturated carbocycles. The smallest absolute Gasteiger partial charge is 0.153 e. The third kappa shape index (κ3) is 1.31. The summed E-state index contributed by atoms with van der Waals surface area (Å²) in [6.07, 6.45) is 0. The number of nitrogens with two attached hydrogens (primary N) is 1. The maximum atomic E-state index is 5.74. The Hall–Kier alpha value is -1.64. The molecule has 1 aliphatic heterocycles. The van der Waals surface area contributed by atoms with Gasteiger partial charge in [-0.2, -0.15) is 0 Å². The van der Waals surface area contributed by atoms with Gasteiger partial charge in [0, 0.05) is 0 Å². The largest absolute Gasteiger partial charge is 0.456 e. The molecule has 1 aromatic rings. The summed E-state index contributed by atoms with van der Waals surface area (Å²) in [5.41, 5.74) is 9.01. The van der Waals surface area contributed by atoms with Crippen molar-refractivity contribution in [2.45, 2.75) is 20.8 Å². The van der Waals surface area contributed by atoms with Crippen LogP contribution in [0.25, 0.3) is 0 Å². The zero-order valence-electron chi connectivity index (χ0n) is 8.64. The average molecular weight is 190 g/mol. The van der Waals surface area contributed by atoms with E-state index in [-0.39, 0.29) is 0 Å². The summed E-state index contributed by atoms with van der Waals surface area (Å²) in [4.78, 5) is 0. The number of ether oxygens (including phenoxy) is 1. The van der Waals surface area contributed by atoms with E-state index in [1.54, 1.807) is 0 Å². The van der Waals surface area contributed by atoms with E-state index in [0.717, 1.165) is 22.8 Å². The van der Waals surface area contributed by atoms with Crippen molar-refractivity contribution in [1.29, 1.82) is 0 Å². The number of benzene rings is 1. The summed E-state index contributed by atoms with van der Waals surface area (Å²) in [6, 6.07) is 4.12. The molecule has 14 heavy (non-hydrogen) atoms. The number of hydrogen-bond donors (Lipinski definition) is 2. The molecule has 0 atom stereocenters. The van der Waals surface area contributed by atoms with Crippen LogP contribution in [-0.2, 0) is 0 Å². The lowest BCUT2D eigenvalue weighted by Gasteiger charge is -2.22. The highest BCUT2D eigenvalue weighted by Crippen LogP contribution is 2.35. The van der Waals surface area contributed by atoms with Crippen LogP contribution in [0.3, 0.4) is 0 Å². The van der Waals surface area contributed by atoms with Crippen molar-refractivity contribution in [2.75, 3.05) is 5.32 Å². The molecule has 0 aliphatic carbocycles. The molecule has 0 fully saturated rings. The number of fused-ring (bicyclic) bond motifs is 1. The molecule has 0 amide bonds. The van der Waals surface area contributed by atoms with E-state index in [1.165, 1.54) is 5.56 Å². The molecule has 0 saturated heterocycles. The molecule has 1 aromatic carbocycles. The van der Waals surface area contributed by atoms with Crippen LogP contribution in [0, 0.1) is 13.8 Å². The van der Waals surface area contributed by atoms with Gasteiger partial charge in [-0.25, -0.2) is 0 Å². The summed E-state index contributed by atoms with van der Waals surface area (Å²) in [6.45, 7) is 5.93. The van der Waals surface area contributed by atoms with Crippen molar-refractivity contribution >= 4 is 5.69 Å². The standard InChI is InChI=1S/C11H14N2O/c1-6-4-7(2)10-9(5-6)13-11(12)8(3)14-10/h4-5,13H,12H2,1-3H3. The Labute approximate surface area is 83.6 Å². The van der Waals surface area contributed by atoms with E-state index >= 15 is 0 Å². The molecule has 3 nitrogen and oxygen atoms in total. The number of hydrogen-bond acceptors (Lipinski definition) is 3. The second-order valence-electron chi connectivity index (χ2n) is 3.66. The van der Waals surface area contributed by atoms with Gasteiger partial charge >= 0.3 is 0 Å². The van der Waals surface area contributed by atoms with E-state index < -0.39 is 0 Å². The van der Waals surface area contributed by atoms with Gasteiger partial charge in [0.1, 0.15) is 11.6 Å². The van der Waals surface area contributed by atoms with Gasteiger partial charge in [-0.1, -0.05) is 6.07 Å². The first-order valence-corrected chi connectivity index (χ1v) is 4.60. The quantitative estimate of drug-likeness (QED) is 0.659. The lowest BCUT2D eigenvalue weighted by molar-refractivity contribution is 0.412. The second kappa shape index (κ2) is 2.94. The van der Waals surface area contributed by atoms with E-state index in [2.05, 4.69) is 18.3 Å². The van der Waals surface area contributed by atoms with Crippen molar-refractivity contribution in [1.82, 2.24) is 0 Å². The van der Waals surface area contributed by atoms with Crippen LogP contribution in [-0.4, -0.2) is 0 Å². The summed E-state index contributed by atoms with van der Waals surface area (Å²) >= 11 is 0. The van der Waals surface area contributed by atoms with Gasteiger partial charge in [0.05, 0.1) is 5.69 Å². The first kappa shape index (κ1) is 8.94. The van der Waals surface area contributed by atoms with Crippen LogP contribution < -0.4 is 15.8 Å². The van der Waals surface area contributed by atoms with Gasteiger partial charge < -0.3 is 15.8 Å². The predicted molar refractivity (Wildman–Crippen MR) is 57.1 cm³/mol. The minimum atomic E-state index is 0.586. The molecular weight excluding hydrogens is 176 g/mol. The third-order valence-electron chi connectivity index (χ3n) is 2.32. The topological polar surface area (TPSA) is 47.3 Å². The first-order valence-electron chi connectivity index (χ1n) is 4.60. The van der Waals surface area contributed by atoms with Crippen molar-refractivity contribution in [2.24, 2.45) is 5.73 Å². The van der Waals surface area contributed by atoms with Crippen molar-refractivity contribution in [3.8, 4) is 5.75 Å². The molecule has 0 spiro atoms. The summed E-state index contributed by atoms with van der Waals surface area (Å²) < 4.78 is 5.62. The Morgan fingerprint density at radius 1 is 1.21 bits per heavy atom. The highest BCUT2D eigenvalue weighted by Gasteiger charge is 2.16. The summed E-state index contributed by atoms with van der Waals surface area (Å²) in [7, 11) is 0. The van der Waals surface area contributed by atoms with Gasteiger partial charge in [-0.05, 0) is 38.0 Å². The van der Waals surface area contributed by atoms with Crippen LogP contribution in [0.15, 0.2) is 23.7 Å². The average Bonchev–Trinajstić information content (AvgIpc) is 2.08. The molecule has 74 valence electrons. The zero-order valence-corrected chi connectivity index (χ0v) is 8.64. The molecule has 3 N–H and O–H groups in total. The lowest BCUT2D eigenvalue weighted by atomic mass is 10.1. The fraction of sp³-hybridized carbons (Fsp3) is 0.273. The number of rotatable bonds is 0. The Bertz CT molecular complexity index is 422. The van der Waals surface area contributed by atoms with E-state index in [1.807, 2.05) is 19.9 Å². The first-order chi connectivity index (χ1) is 6.58. The molecule has 1 aliphatic rings. The number of nitrogens with one attached hydrogen (secondary N) is 1. The van der Waals surface area contributed by atoms with Crippen molar-refractivity contribution in [3.05, 3.63) is 34.8 Å². The van der Waals surface area contributed by atoms with Crippen LogP contribution >= 0.6 is 0 Å². The van der Waals surface area contributed by atoms with E-state index in [0.29, 0.717) is 5.82 Å². The molecule has 0 unspecified atom stereocenters. The summed E-state index contributed by atoms with van der Waals surface area (Å²) in [5.74, 6) is 2.19. The minimum Gasteiger partial charge on any atom is -0.456 e. The Balaban J connectivity index is 2.53. The predicted octanol–water partition coefficient (Wildman–Crippen LogP) is 2.26. The van der Waals surface area contributed by atoms with E-state index in [4.69, 9.17) is 10.5 Å². The fourth-order valence-electron chi connectivity index (χ4n) is 1.62. The van der Waals surface area contributed by atoms with Gasteiger partial charge in [0.25, 0.3) is 0 Å². The number of allylic oxidation sites excluding steroid dienone is 1. The molecule has 1 heterocycles. The van der Waals surface area contributed by atoms with Gasteiger partial charge in [-0.3, -0.25) is 0 Å².